The van der Waals surface area contributed by atoms with Crippen LogP contribution in [0.5, 0.6) is 0 Å². The molecule has 0 radical (unpaired) electrons. The molecule has 0 aliphatic rings. The van der Waals surface area contributed by atoms with Crippen molar-refractivity contribution in [2.75, 3.05) is 6.61 Å². The van der Waals surface area contributed by atoms with E-state index in [-0.39, 0.29) is 12.5 Å². The Labute approximate surface area is 115 Å². The smallest absolute Gasteiger partial charge is 0.134 e. The average Bonchev–Trinajstić information content (AvgIpc) is 2.79. The Morgan fingerprint density at radius 2 is 2.11 bits per heavy atom. The molecule has 0 fully saturated rings. The van der Waals surface area contributed by atoms with Gasteiger partial charge in [0.25, 0.3) is 0 Å². The number of aliphatic hydroxyl groups is 1. The van der Waals surface area contributed by atoms with Gasteiger partial charge in [0.2, 0.25) is 0 Å². The first kappa shape index (κ1) is 14.2. The maximum absolute atomic E-state index is 11.5. The zero-order valence-electron chi connectivity index (χ0n) is 11.1. The number of furan rings is 1. The van der Waals surface area contributed by atoms with Gasteiger partial charge in [-0.1, -0.05) is 18.2 Å². The molecule has 2 aromatic rings. The SMILES string of the molecule is CC(C)(C[C@H](CO)c1cc2ccccc2o1)S(N)=O. The Kier molecular flexibility index (Phi) is 4.08. The van der Waals surface area contributed by atoms with Gasteiger partial charge in [-0.3, -0.25) is 5.14 Å². The minimum atomic E-state index is -1.44. The van der Waals surface area contributed by atoms with Crippen LogP contribution in [0.25, 0.3) is 11.0 Å². The second-order valence-electron chi connectivity index (χ2n) is 5.33. The molecule has 0 bridgehead atoms. The Hall–Kier alpha value is -1.17. The molecular weight excluding hydrogens is 262 g/mol. The molecule has 0 saturated heterocycles. The highest BCUT2D eigenvalue weighted by atomic mass is 32.2. The van der Waals surface area contributed by atoms with Gasteiger partial charge in [0.1, 0.15) is 11.3 Å². The van der Waals surface area contributed by atoms with Crippen LogP contribution in [0, 0.1) is 0 Å². The predicted octanol–water partition coefficient (Wildman–Crippen LogP) is 2.30. The molecule has 1 unspecified atom stereocenters. The van der Waals surface area contributed by atoms with E-state index < -0.39 is 15.7 Å². The number of para-hydroxylation sites is 1. The topological polar surface area (TPSA) is 76.5 Å². The summed E-state index contributed by atoms with van der Waals surface area (Å²) in [5, 5.41) is 16.0. The van der Waals surface area contributed by atoms with Gasteiger partial charge >= 0.3 is 0 Å². The fourth-order valence-electron chi connectivity index (χ4n) is 2.13. The van der Waals surface area contributed by atoms with Gasteiger partial charge in [0, 0.05) is 11.3 Å². The second-order valence-corrected chi connectivity index (χ2v) is 7.03. The van der Waals surface area contributed by atoms with E-state index in [1.54, 1.807) is 0 Å². The Morgan fingerprint density at radius 1 is 1.42 bits per heavy atom. The quantitative estimate of drug-likeness (QED) is 0.883. The third kappa shape index (κ3) is 3.05. The minimum absolute atomic E-state index is 0.0551. The third-order valence-corrected chi connectivity index (χ3v) is 4.61. The van der Waals surface area contributed by atoms with Gasteiger partial charge in [-0.25, -0.2) is 4.21 Å². The Balaban J connectivity index is 2.29. The van der Waals surface area contributed by atoms with Crippen molar-refractivity contribution in [3.63, 3.8) is 0 Å². The van der Waals surface area contributed by atoms with E-state index in [9.17, 15) is 9.32 Å². The molecule has 1 aromatic heterocycles. The number of hydrogen-bond donors (Lipinski definition) is 2. The monoisotopic (exact) mass is 281 g/mol. The van der Waals surface area contributed by atoms with E-state index >= 15 is 0 Å². The minimum Gasteiger partial charge on any atom is -0.461 e. The van der Waals surface area contributed by atoms with E-state index in [0.717, 1.165) is 11.0 Å². The molecule has 1 aromatic carbocycles. The zero-order valence-corrected chi connectivity index (χ0v) is 11.9. The molecule has 0 aliphatic heterocycles. The largest absolute Gasteiger partial charge is 0.461 e. The summed E-state index contributed by atoms with van der Waals surface area (Å²) in [5.41, 5.74) is 0.794. The molecule has 0 spiro atoms. The maximum atomic E-state index is 11.5. The van der Waals surface area contributed by atoms with E-state index in [4.69, 9.17) is 9.56 Å². The van der Waals surface area contributed by atoms with Crippen LogP contribution >= 0.6 is 0 Å². The van der Waals surface area contributed by atoms with Crippen LogP contribution in [0.3, 0.4) is 0 Å². The van der Waals surface area contributed by atoms with Crippen LogP contribution in [0.4, 0.5) is 0 Å². The molecule has 0 amide bonds. The van der Waals surface area contributed by atoms with Crippen molar-refractivity contribution in [3.05, 3.63) is 36.1 Å². The summed E-state index contributed by atoms with van der Waals surface area (Å²) in [5.74, 6) is 0.511. The van der Waals surface area contributed by atoms with Crippen LogP contribution < -0.4 is 5.14 Å². The van der Waals surface area contributed by atoms with Gasteiger partial charge in [0.05, 0.1) is 22.3 Å². The van der Waals surface area contributed by atoms with Crippen molar-refractivity contribution in [2.45, 2.75) is 30.9 Å². The number of aliphatic hydroxyl groups excluding tert-OH is 1. The van der Waals surface area contributed by atoms with E-state index in [2.05, 4.69) is 0 Å². The van der Waals surface area contributed by atoms with Crippen LogP contribution in [0.1, 0.15) is 31.9 Å². The summed E-state index contributed by atoms with van der Waals surface area (Å²) >= 11 is 0. The van der Waals surface area contributed by atoms with Gasteiger partial charge < -0.3 is 9.52 Å². The van der Waals surface area contributed by atoms with Crippen molar-refractivity contribution < 1.29 is 13.7 Å². The Morgan fingerprint density at radius 3 is 2.68 bits per heavy atom. The first-order chi connectivity index (χ1) is 8.94. The van der Waals surface area contributed by atoms with Crippen molar-refractivity contribution >= 4 is 22.0 Å². The number of hydrogen-bond acceptors (Lipinski definition) is 3. The molecule has 3 N–H and O–H groups in total. The number of nitrogens with two attached hydrogens (primary N) is 1. The fraction of sp³-hybridized carbons (Fsp3) is 0.429. The number of fused-ring (bicyclic) bond motifs is 1. The lowest BCUT2D eigenvalue weighted by molar-refractivity contribution is 0.237. The van der Waals surface area contributed by atoms with Gasteiger partial charge in [0.15, 0.2) is 0 Å². The van der Waals surface area contributed by atoms with Gasteiger partial charge in [-0.05, 0) is 32.4 Å². The highest BCUT2D eigenvalue weighted by Gasteiger charge is 2.30. The Bertz CT molecular complexity index is 558. The van der Waals surface area contributed by atoms with Crippen LogP contribution in [-0.4, -0.2) is 20.7 Å². The van der Waals surface area contributed by atoms with E-state index in [1.165, 1.54) is 0 Å². The fourth-order valence-corrected chi connectivity index (χ4v) is 2.50. The number of rotatable bonds is 5. The lowest BCUT2D eigenvalue weighted by atomic mass is 9.95. The van der Waals surface area contributed by atoms with Crippen molar-refractivity contribution in [1.82, 2.24) is 0 Å². The lowest BCUT2D eigenvalue weighted by Crippen LogP contribution is -2.34. The first-order valence-electron chi connectivity index (χ1n) is 6.19. The summed E-state index contributed by atoms with van der Waals surface area (Å²) in [6.45, 7) is 3.60. The van der Waals surface area contributed by atoms with Crippen LogP contribution in [0.2, 0.25) is 0 Å². The molecule has 104 valence electrons. The summed E-state index contributed by atoms with van der Waals surface area (Å²) in [6, 6.07) is 9.62. The predicted molar refractivity (Wildman–Crippen MR) is 77.1 cm³/mol. The molecule has 2 rings (SSSR count). The van der Waals surface area contributed by atoms with E-state index in [0.29, 0.717) is 12.2 Å². The standard InChI is InChI=1S/C14H19NO3S/c1-14(2,19(15)17)8-11(9-16)13-7-10-5-3-4-6-12(10)18-13/h3-7,11,16H,8-9,15H2,1-2H3/t11-,19?/m1/s1. The highest BCUT2D eigenvalue weighted by molar-refractivity contribution is 7.84. The molecule has 0 saturated carbocycles. The first-order valence-corrected chi connectivity index (χ1v) is 7.41. The van der Waals surface area contributed by atoms with Crippen LogP contribution in [-0.2, 0) is 11.0 Å². The van der Waals surface area contributed by atoms with Crippen LogP contribution in [0.15, 0.2) is 34.7 Å². The highest BCUT2D eigenvalue weighted by Crippen LogP contribution is 2.32. The molecule has 19 heavy (non-hydrogen) atoms. The van der Waals surface area contributed by atoms with Gasteiger partial charge in [-0.2, -0.15) is 0 Å². The molecule has 5 heteroatoms. The average molecular weight is 281 g/mol. The summed E-state index contributed by atoms with van der Waals surface area (Å²) in [4.78, 5) is 0. The van der Waals surface area contributed by atoms with Crippen molar-refractivity contribution in [3.8, 4) is 0 Å². The molecule has 4 nitrogen and oxygen atoms in total. The van der Waals surface area contributed by atoms with E-state index in [1.807, 2.05) is 44.2 Å². The third-order valence-electron chi connectivity index (χ3n) is 3.35. The second kappa shape index (κ2) is 5.45. The molecule has 1 heterocycles. The normalized spacial score (nSPS) is 15.6. The maximum Gasteiger partial charge on any atom is 0.134 e. The van der Waals surface area contributed by atoms with Crippen molar-refractivity contribution in [2.24, 2.45) is 5.14 Å². The summed E-state index contributed by atoms with van der Waals surface area (Å²) < 4.78 is 16.7. The molecular formula is C14H19NO3S. The molecule has 2 atom stereocenters. The molecule has 0 aliphatic carbocycles. The van der Waals surface area contributed by atoms with Crippen molar-refractivity contribution in [1.29, 1.82) is 0 Å². The zero-order chi connectivity index (χ0) is 14.0. The van der Waals surface area contributed by atoms with Gasteiger partial charge in [-0.15, -0.1) is 0 Å². The summed E-state index contributed by atoms with van der Waals surface area (Å²) in [7, 11) is -1.44. The lowest BCUT2D eigenvalue weighted by Gasteiger charge is -2.25. The summed E-state index contributed by atoms with van der Waals surface area (Å²) in [6.07, 6.45) is 0.506. The number of benzene rings is 1.